The van der Waals surface area contributed by atoms with E-state index < -0.39 is 10.0 Å². The molecule has 7 heteroatoms. The van der Waals surface area contributed by atoms with E-state index in [0.717, 1.165) is 12.8 Å². The van der Waals surface area contributed by atoms with Crippen LogP contribution in [-0.4, -0.2) is 36.9 Å². The molecule has 0 aromatic carbocycles. The van der Waals surface area contributed by atoms with Gasteiger partial charge in [0, 0.05) is 26.3 Å². The van der Waals surface area contributed by atoms with Gasteiger partial charge in [0.1, 0.15) is 10.6 Å². The van der Waals surface area contributed by atoms with E-state index in [-0.39, 0.29) is 16.2 Å². The van der Waals surface area contributed by atoms with Crippen molar-refractivity contribution in [2.75, 3.05) is 13.1 Å². The highest BCUT2D eigenvalue weighted by atomic mass is 32.2. The maximum absolute atomic E-state index is 12.5. The lowest BCUT2D eigenvalue weighted by atomic mass is 9.84. The number of piperidine rings is 1. The number of primary sulfonamides is 1. The standard InChI is InChI=1S/C13H21N3O3S/c1-13(2)5-4-6-16(9-13)12(17)11-7-10(8-15(11)3)20(14,18)19/h7-8H,4-6,9H2,1-3H3,(H2,14,18,19). The van der Waals surface area contributed by atoms with E-state index in [1.807, 2.05) is 0 Å². The first kappa shape index (κ1) is 15.1. The van der Waals surface area contributed by atoms with Crippen LogP contribution in [0, 0.1) is 5.41 Å². The van der Waals surface area contributed by atoms with Crippen LogP contribution < -0.4 is 5.14 Å². The van der Waals surface area contributed by atoms with Crippen molar-refractivity contribution in [1.82, 2.24) is 9.47 Å². The predicted molar refractivity (Wildman–Crippen MR) is 75.7 cm³/mol. The summed E-state index contributed by atoms with van der Waals surface area (Å²) in [5, 5.41) is 5.09. The van der Waals surface area contributed by atoms with E-state index in [9.17, 15) is 13.2 Å². The molecule has 0 bridgehead atoms. The van der Waals surface area contributed by atoms with E-state index >= 15 is 0 Å². The molecule has 1 fully saturated rings. The quantitative estimate of drug-likeness (QED) is 0.881. The molecule has 0 aliphatic carbocycles. The van der Waals surface area contributed by atoms with Crippen LogP contribution in [-0.2, 0) is 17.1 Å². The number of likely N-dealkylation sites (tertiary alicyclic amines) is 1. The summed E-state index contributed by atoms with van der Waals surface area (Å²) in [6.45, 7) is 5.65. The maximum atomic E-state index is 12.5. The summed E-state index contributed by atoms with van der Waals surface area (Å²) in [5.74, 6) is -0.143. The molecule has 0 radical (unpaired) electrons. The molecule has 2 heterocycles. The molecule has 20 heavy (non-hydrogen) atoms. The second kappa shape index (κ2) is 4.89. The fraction of sp³-hybridized carbons (Fsp3) is 0.615. The molecule has 2 N–H and O–H groups in total. The van der Waals surface area contributed by atoms with Gasteiger partial charge in [-0.25, -0.2) is 13.6 Å². The third-order valence-corrected chi connectivity index (χ3v) is 4.60. The van der Waals surface area contributed by atoms with Gasteiger partial charge in [-0.2, -0.15) is 0 Å². The van der Waals surface area contributed by atoms with Gasteiger partial charge in [-0.3, -0.25) is 4.79 Å². The van der Waals surface area contributed by atoms with Crippen LogP contribution in [0.3, 0.4) is 0 Å². The number of nitrogens with zero attached hydrogens (tertiary/aromatic N) is 2. The van der Waals surface area contributed by atoms with Crippen molar-refractivity contribution in [3.8, 4) is 0 Å². The number of sulfonamides is 1. The van der Waals surface area contributed by atoms with Gasteiger partial charge in [0.15, 0.2) is 0 Å². The molecule has 1 aromatic heterocycles. The number of rotatable bonds is 2. The van der Waals surface area contributed by atoms with Gasteiger partial charge in [0.25, 0.3) is 5.91 Å². The predicted octanol–water partition coefficient (Wildman–Crippen LogP) is 0.935. The number of carbonyl (C=O) groups excluding carboxylic acids is 1. The maximum Gasteiger partial charge on any atom is 0.270 e. The Hall–Kier alpha value is -1.34. The minimum atomic E-state index is -3.78. The first-order chi connectivity index (χ1) is 9.10. The average Bonchev–Trinajstić information content (AvgIpc) is 2.69. The number of hydrogen-bond donors (Lipinski definition) is 1. The Morgan fingerprint density at radius 1 is 1.40 bits per heavy atom. The zero-order valence-electron chi connectivity index (χ0n) is 12.1. The van der Waals surface area contributed by atoms with Crippen molar-refractivity contribution in [2.45, 2.75) is 31.6 Å². The molecular formula is C13H21N3O3S. The second-order valence-corrected chi connectivity index (χ2v) is 7.77. The van der Waals surface area contributed by atoms with Crippen molar-refractivity contribution in [1.29, 1.82) is 0 Å². The Labute approximate surface area is 119 Å². The molecular weight excluding hydrogens is 278 g/mol. The highest BCUT2D eigenvalue weighted by Crippen LogP contribution is 2.29. The molecule has 0 unspecified atom stereocenters. The molecule has 1 saturated heterocycles. The van der Waals surface area contributed by atoms with Crippen molar-refractivity contribution in [2.24, 2.45) is 17.6 Å². The Kier molecular flexibility index (Phi) is 3.68. The third kappa shape index (κ3) is 3.04. The van der Waals surface area contributed by atoms with Gasteiger partial charge >= 0.3 is 0 Å². The summed E-state index contributed by atoms with van der Waals surface area (Å²) in [7, 11) is -2.13. The van der Waals surface area contributed by atoms with Crippen molar-refractivity contribution >= 4 is 15.9 Å². The molecule has 1 aliphatic rings. The fourth-order valence-electron chi connectivity index (χ4n) is 2.66. The number of carbonyl (C=O) groups is 1. The van der Waals surface area contributed by atoms with E-state index in [1.54, 1.807) is 11.9 Å². The first-order valence-electron chi connectivity index (χ1n) is 6.59. The van der Waals surface area contributed by atoms with Crippen LogP contribution in [0.5, 0.6) is 0 Å². The van der Waals surface area contributed by atoms with Gasteiger partial charge in [-0.1, -0.05) is 13.8 Å². The summed E-state index contributed by atoms with van der Waals surface area (Å²) < 4.78 is 24.2. The lowest BCUT2D eigenvalue weighted by Crippen LogP contribution is -2.44. The molecule has 0 saturated carbocycles. The summed E-state index contributed by atoms with van der Waals surface area (Å²) in [5.41, 5.74) is 0.453. The highest BCUT2D eigenvalue weighted by Gasteiger charge is 2.31. The van der Waals surface area contributed by atoms with Crippen LogP contribution in [0.15, 0.2) is 17.2 Å². The monoisotopic (exact) mass is 299 g/mol. The highest BCUT2D eigenvalue weighted by molar-refractivity contribution is 7.89. The number of aryl methyl sites for hydroxylation is 1. The third-order valence-electron chi connectivity index (χ3n) is 3.72. The molecule has 1 amide bonds. The van der Waals surface area contributed by atoms with Crippen LogP contribution in [0.4, 0.5) is 0 Å². The van der Waals surface area contributed by atoms with Gasteiger partial charge < -0.3 is 9.47 Å². The molecule has 0 atom stereocenters. The lowest BCUT2D eigenvalue weighted by molar-refractivity contribution is 0.0574. The lowest BCUT2D eigenvalue weighted by Gasteiger charge is -2.38. The van der Waals surface area contributed by atoms with E-state index in [0.29, 0.717) is 18.8 Å². The summed E-state index contributed by atoms with van der Waals surface area (Å²) in [6, 6.07) is 1.35. The summed E-state index contributed by atoms with van der Waals surface area (Å²) in [6.07, 6.45) is 3.43. The zero-order chi connectivity index (χ0) is 15.1. The van der Waals surface area contributed by atoms with Crippen LogP contribution in [0.2, 0.25) is 0 Å². The summed E-state index contributed by atoms with van der Waals surface area (Å²) in [4.78, 5) is 14.3. The summed E-state index contributed by atoms with van der Waals surface area (Å²) >= 11 is 0. The molecule has 112 valence electrons. The van der Waals surface area contributed by atoms with Gasteiger partial charge in [-0.15, -0.1) is 0 Å². The van der Waals surface area contributed by atoms with Gasteiger partial charge in [0.05, 0.1) is 0 Å². The average molecular weight is 299 g/mol. The van der Waals surface area contributed by atoms with Crippen LogP contribution in [0.1, 0.15) is 37.2 Å². The second-order valence-electron chi connectivity index (χ2n) is 6.21. The molecule has 1 aliphatic heterocycles. The van der Waals surface area contributed by atoms with Crippen molar-refractivity contribution in [3.63, 3.8) is 0 Å². The number of nitrogens with two attached hydrogens (primary N) is 1. The normalized spacial score (nSPS) is 19.1. The Balaban J connectivity index is 2.28. The first-order valence-corrected chi connectivity index (χ1v) is 8.13. The van der Waals surface area contributed by atoms with Gasteiger partial charge in [0.2, 0.25) is 10.0 Å². The van der Waals surface area contributed by atoms with Crippen molar-refractivity contribution in [3.05, 3.63) is 18.0 Å². The minimum Gasteiger partial charge on any atom is -0.345 e. The molecule has 6 nitrogen and oxygen atoms in total. The fourth-order valence-corrected chi connectivity index (χ4v) is 3.24. The van der Waals surface area contributed by atoms with Crippen LogP contribution >= 0.6 is 0 Å². The SMILES string of the molecule is Cn1cc(S(N)(=O)=O)cc1C(=O)N1CCCC(C)(C)C1. The largest absolute Gasteiger partial charge is 0.345 e. The van der Waals surface area contributed by atoms with Crippen LogP contribution in [0.25, 0.3) is 0 Å². The van der Waals surface area contributed by atoms with Crippen molar-refractivity contribution < 1.29 is 13.2 Å². The molecule has 1 aromatic rings. The van der Waals surface area contributed by atoms with E-state index in [4.69, 9.17) is 5.14 Å². The zero-order valence-corrected chi connectivity index (χ0v) is 12.9. The van der Waals surface area contributed by atoms with E-state index in [2.05, 4.69) is 13.8 Å². The molecule has 2 rings (SSSR count). The Morgan fingerprint density at radius 3 is 2.55 bits per heavy atom. The number of amides is 1. The number of aromatic nitrogens is 1. The molecule has 0 spiro atoms. The minimum absolute atomic E-state index is 0.0281. The number of hydrogen-bond acceptors (Lipinski definition) is 3. The topological polar surface area (TPSA) is 85.4 Å². The Bertz CT molecular complexity index is 631. The van der Waals surface area contributed by atoms with E-state index in [1.165, 1.54) is 16.8 Å². The smallest absolute Gasteiger partial charge is 0.270 e. The Morgan fingerprint density at radius 2 is 2.05 bits per heavy atom. The van der Waals surface area contributed by atoms with Gasteiger partial charge in [-0.05, 0) is 24.3 Å².